The van der Waals surface area contributed by atoms with E-state index in [0.29, 0.717) is 22.1 Å². The first-order valence-corrected chi connectivity index (χ1v) is 6.65. The molecule has 0 bridgehead atoms. The Morgan fingerprint density at radius 3 is 2.35 bits per heavy atom. The summed E-state index contributed by atoms with van der Waals surface area (Å²) < 4.78 is 40.4. The summed E-state index contributed by atoms with van der Waals surface area (Å²) in [5.41, 5.74) is 0.748. The molecule has 0 saturated heterocycles. The number of aryl methyl sites for hydroxylation is 1. The minimum atomic E-state index is -4.46. The van der Waals surface area contributed by atoms with Crippen molar-refractivity contribution >= 4 is 23.2 Å². The lowest BCUT2D eigenvalue weighted by atomic mass is 10.1. The summed E-state index contributed by atoms with van der Waals surface area (Å²) >= 11 is 11.6. The average Bonchev–Trinajstić information content (AvgIpc) is 2.65. The molecule has 0 amide bonds. The van der Waals surface area contributed by atoms with E-state index >= 15 is 0 Å². The molecule has 0 atom stereocenters. The Morgan fingerprint density at radius 1 is 1.25 bits per heavy atom. The second-order valence-corrected chi connectivity index (χ2v) is 5.01. The van der Waals surface area contributed by atoms with E-state index in [2.05, 4.69) is 5.10 Å². The third kappa shape index (κ3) is 2.65. The van der Waals surface area contributed by atoms with Crippen molar-refractivity contribution in [1.29, 1.82) is 0 Å². The maximum absolute atomic E-state index is 13.0. The van der Waals surface area contributed by atoms with Gasteiger partial charge in [0, 0.05) is 5.88 Å². The minimum absolute atomic E-state index is 0.0375. The minimum Gasteiger partial charge on any atom is -0.236 e. The molecule has 7 heteroatoms. The molecule has 0 radical (unpaired) electrons. The number of benzene rings is 1. The number of nitrogens with zero attached hydrogens (tertiary/aromatic N) is 2. The molecule has 2 nitrogen and oxygen atoms in total. The summed E-state index contributed by atoms with van der Waals surface area (Å²) in [5, 5.41) is 4.59. The van der Waals surface area contributed by atoms with Crippen LogP contribution in [0.1, 0.15) is 22.5 Å². The van der Waals surface area contributed by atoms with Crippen molar-refractivity contribution in [2.75, 3.05) is 0 Å². The lowest BCUT2D eigenvalue weighted by Crippen LogP contribution is -2.10. The van der Waals surface area contributed by atoms with Crippen molar-refractivity contribution in [3.63, 3.8) is 0 Å². The van der Waals surface area contributed by atoms with Gasteiger partial charge in [0.05, 0.1) is 27.7 Å². The van der Waals surface area contributed by atoms with Crippen LogP contribution in [0.3, 0.4) is 0 Å². The van der Waals surface area contributed by atoms with Gasteiger partial charge in [0.2, 0.25) is 0 Å². The van der Waals surface area contributed by atoms with Crippen molar-refractivity contribution in [2.45, 2.75) is 25.9 Å². The van der Waals surface area contributed by atoms with Gasteiger partial charge < -0.3 is 0 Å². The number of rotatable bonds is 2. The summed E-state index contributed by atoms with van der Waals surface area (Å²) in [6, 6.07) is 3.94. The molecule has 1 heterocycles. The zero-order valence-corrected chi connectivity index (χ0v) is 12.2. The Balaban J connectivity index is 2.62. The summed E-state index contributed by atoms with van der Waals surface area (Å²) in [6.07, 6.45) is -4.46. The van der Waals surface area contributed by atoms with Gasteiger partial charge in [-0.25, -0.2) is 4.68 Å². The van der Waals surface area contributed by atoms with E-state index in [0.717, 1.165) is 6.07 Å². The van der Waals surface area contributed by atoms with Crippen LogP contribution < -0.4 is 0 Å². The number of alkyl halides is 4. The highest BCUT2D eigenvalue weighted by Gasteiger charge is 2.33. The monoisotopic (exact) mass is 322 g/mol. The molecule has 1 aromatic heterocycles. The third-order valence-corrected chi connectivity index (χ3v) is 3.83. The van der Waals surface area contributed by atoms with Crippen LogP contribution in [0.5, 0.6) is 0 Å². The Bertz CT molecular complexity index is 648. The van der Waals surface area contributed by atoms with Crippen molar-refractivity contribution in [3.05, 3.63) is 45.7 Å². The lowest BCUT2D eigenvalue weighted by molar-refractivity contribution is -0.138. The summed E-state index contributed by atoms with van der Waals surface area (Å²) in [4.78, 5) is 0. The maximum Gasteiger partial charge on any atom is 0.416 e. The smallest absolute Gasteiger partial charge is 0.236 e. The molecular weight excluding hydrogens is 312 g/mol. The van der Waals surface area contributed by atoms with Gasteiger partial charge in [-0.2, -0.15) is 18.3 Å². The number of halogens is 5. The fourth-order valence-electron chi connectivity index (χ4n) is 1.95. The summed E-state index contributed by atoms with van der Waals surface area (Å²) in [5.74, 6) is -0.201. The molecular formula is C13H11Cl2F3N2. The van der Waals surface area contributed by atoms with Gasteiger partial charge in [-0.1, -0.05) is 17.7 Å². The van der Waals surface area contributed by atoms with Gasteiger partial charge in [-0.15, -0.1) is 11.6 Å². The third-order valence-electron chi connectivity index (χ3n) is 2.99. The van der Waals surface area contributed by atoms with Crippen LogP contribution in [0, 0.1) is 13.8 Å². The van der Waals surface area contributed by atoms with E-state index in [4.69, 9.17) is 23.2 Å². The molecule has 0 aliphatic heterocycles. The molecule has 0 saturated carbocycles. The lowest BCUT2D eigenvalue weighted by Gasteiger charge is -2.13. The molecule has 108 valence electrons. The SMILES string of the molecule is Cc1nn(-c2ccc(CCl)c(C(F)(F)F)c2)c(C)c1Cl. The van der Waals surface area contributed by atoms with Crippen LogP contribution in [0.25, 0.3) is 5.69 Å². The molecule has 0 fully saturated rings. The van der Waals surface area contributed by atoms with Crippen molar-refractivity contribution in [1.82, 2.24) is 9.78 Å². The first-order valence-electron chi connectivity index (χ1n) is 5.74. The van der Waals surface area contributed by atoms with E-state index in [1.165, 1.54) is 10.7 Å². The Morgan fingerprint density at radius 2 is 1.90 bits per heavy atom. The van der Waals surface area contributed by atoms with Crippen LogP contribution in [-0.4, -0.2) is 9.78 Å². The zero-order valence-electron chi connectivity index (χ0n) is 10.7. The van der Waals surface area contributed by atoms with Crippen LogP contribution in [0.2, 0.25) is 5.02 Å². The van der Waals surface area contributed by atoms with Crippen LogP contribution in [-0.2, 0) is 12.1 Å². The Labute approximate surface area is 124 Å². The van der Waals surface area contributed by atoms with Gasteiger partial charge >= 0.3 is 6.18 Å². The highest BCUT2D eigenvalue weighted by Crippen LogP contribution is 2.34. The normalized spacial score (nSPS) is 11.9. The quantitative estimate of drug-likeness (QED) is 0.719. The van der Waals surface area contributed by atoms with Gasteiger partial charge in [0.25, 0.3) is 0 Å². The van der Waals surface area contributed by atoms with Crippen molar-refractivity contribution in [2.24, 2.45) is 0 Å². The second kappa shape index (κ2) is 5.30. The molecule has 0 N–H and O–H groups in total. The Hall–Kier alpha value is -1.20. The van der Waals surface area contributed by atoms with E-state index in [1.807, 2.05) is 0 Å². The number of aromatic nitrogens is 2. The van der Waals surface area contributed by atoms with Crippen LogP contribution >= 0.6 is 23.2 Å². The molecule has 0 spiro atoms. The maximum atomic E-state index is 13.0. The molecule has 20 heavy (non-hydrogen) atoms. The molecule has 0 unspecified atom stereocenters. The van der Waals surface area contributed by atoms with E-state index < -0.39 is 11.7 Å². The topological polar surface area (TPSA) is 17.8 Å². The predicted octanol–water partition coefficient (Wildman–Crippen LogP) is 4.90. The summed E-state index contributed by atoms with van der Waals surface area (Å²) in [7, 11) is 0. The van der Waals surface area contributed by atoms with Gasteiger partial charge in [0.1, 0.15) is 0 Å². The van der Waals surface area contributed by atoms with Crippen molar-refractivity contribution < 1.29 is 13.2 Å². The van der Waals surface area contributed by atoms with Gasteiger partial charge in [-0.05, 0) is 31.5 Å². The predicted molar refractivity (Wildman–Crippen MR) is 72.6 cm³/mol. The van der Waals surface area contributed by atoms with E-state index in [1.54, 1.807) is 19.9 Å². The van der Waals surface area contributed by atoms with Gasteiger partial charge in [-0.3, -0.25) is 0 Å². The highest BCUT2D eigenvalue weighted by atomic mass is 35.5. The zero-order chi connectivity index (χ0) is 15.1. The molecule has 0 aliphatic rings. The molecule has 2 aromatic rings. The van der Waals surface area contributed by atoms with E-state index in [-0.39, 0.29) is 11.4 Å². The average molecular weight is 323 g/mol. The summed E-state index contributed by atoms with van der Waals surface area (Å²) in [6.45, 7) is 3.40. The first kappa shape index (κ1) is 15.2. The first-order chi connectivity index (χ1) is 9.25. The number of hydrogen-bond acceptors (Lipinski definition) is 1. The van der Waals surface area contributed by atoms with Crippen LogP contribution in [0.15, 0.2) is 18.2 Å². The number of hydrogen-bond donors (Lipinski definition) is 0. The van der Waals surface area contributed by atoms with E-state index in [9.17, 15) is 13.2 Å². The molecule has 1 aromatic carbocycles. The standard InChI is InChI=1S/C13H11Cl2F3N2/c1-7-12(15)8(2)20(19-7)10-4-3-9(6-14)11(5-10)13(16,17)18/h3-5H,6H2,1-2H3. The second-order valence-electron chi connectivity index (χ2n) is 4.37. The largest absolute Gasteiger partial charge is 0.416 e. The fraction of sp³-hybridized carbons (Fsp3) is 0.308. The highest BCUT2D eigenvalue weighted by molar-refractivity contribution is 6.31. The molecule has 2 rings (SSSR count). The van der Waals surface area contributed by atoms with Crippen molar-refractivity contribution in [3.8, 4) is 5.69 Å². The fourth-order valence-corrected chi connectivity index (χ4v) is 2.30. The molecule has 0 aliphatic carbocycles. The van der Waals surface area contributed by atoms with Gasteiger partial charge in [0.15, 0.2) is 0 Å². The van der Waals surface area contributed by atoms with Crippen LogP contribution in [0.4, 0.5) is 13.2 Å². The Kier molecular flexibility index (Phi) is 4.02.